The molecule has 0 saturated carbocycles. The Kier molecular flexibility index (Phi) is 4.28. The number of rotatable bonds is 3. The van der Waals surface area contributed by atoms with E-state index < -0.39 is 6.10 Å². The first-order chi connectivity index (χ1) is 7.77. The van der Waals surface area contributed by atoms with Crippen LogP contribution in [0.2, 0.25) is 0 Å². The van der Waals surface area contributed by atoms with E-state index >= 15 is 0 Å². The lowest BCUT2D eigenvalue weighted by Crippen LogP contribution is -2.34. The molecule has 0 aliphatic heterocycles. The number of halogens is 1. The van der Waals surface area contributed by atoms with E-state index in [0.717, 1.165) is 5.56 Å². The van der Waals surface area contributed by atoms with Crippen molar-refractivity contribution in [2.45, 2.75) is 39.9 Å². The Bertz CT molecular complexity index is 382. The number of benzene rings is 1. The average molecular weight is 240 g/mol. The van der Waals surface area contributed by atoms with Crippen LogP contribution in [0.15, 0.2) is 18.2 Å². The maximum Gasteiger partial charge on any atom is 0.123 e. The Morgan fingerprint density at radius 2 is 1.88 bits per heavy atom. The first-order valence-electron chi connectivity index (χ1n) is 5.74. The molecule has 0 bridgehead atoms. The molecule has 1 rings (SSSR count). The zero-order valence-corrected chi connectivity index (χ0v) is 11.1. The standard InChI is InChI=1S/C14H21FO2/c1-9-6-7-10(15)8-11(9)12(16)13(17-5)14(2,3)4/h6-8,12-13,16H,1-5H3. The van der Waals surface area contributed by atoms with Gasteiger partial charge in [0.25, 0.3) is 0 Å². The van der Waals surface area contributed by atoms with Crippen LogP contribution in [-0.2, 0) is 4.74 Å². The van der Waals surface area contributed by atoms with Gasteiger partial charge in [0.15, 0.2) is 0 Å². The van der Waals surface area contributed by atoms with Gasteiger partial charge in [0, 0.05) is 7.11 Å². The molecule has 1 N–H and O–H groups in total. The molecular formula is C14H21FO2. The highest BCUT2D eigenvalue weighted by Gasteiger charge is 2.32. The van der Waals surface area contributed by atoms with E-state index in [9.17, 15) is 9.50 Å². The Labute approximate surface area is 102 Å². The predicted molar refractivity (Wildman–Crippen MR) is 66.3 cm³/mol. The molecule has 3 heteroatoms. The third kappa shape index (κ3) is 3.27. The SMILES string of the molecule is COC(C(O)c1cc(F)ccc1C)C(C)(C)C. The van der Waals surface area contributed by atoms with E-state index in [4.69, 9.17) is 4.74 Å². The van der Waals surface area contributed by atoms with Gasteiger partial charge < -0.3 is 9.84 Å². The van der Waals surface area contributed by atoms with Crippen molar-refractivity contribution in [3.63, 3.8) is 0 Å². The second kappa shape index (κ2) is 5.15. The molecule has 0 aliphatic rings. The monoisotopic (exact) mass is 240 g/mol. The molecule has 0 spiro atoms. The summed E-state index contributed by atoms with van der Waals surface area (Å²) in [5, 5.41) is 10.3. The van der Waals surface area contributed by atoms with E-state index in [1.165, 1.54) is 12.1 Å². The Morgan fingerprint density at radius 3 is 2.35 bits per heavy atom. The zero-order chi connectivity index (χ0) is 13.2. The fourth-order valence-corrected chi connectivity index (χ4v) is 2.05. The van der Waals surface area contributed by atoms with E-state index in [2.05, 4.69) is 0 Å². The predicted octanol–water partition coefficient (Wildman–Crippen LogP) is 3.23. The van der Waals surface area contributed by atoms with Crippen LogP contribution in [0.1, 0.15) is 38.0 Å². The van der Waals surface area contributed by atoms with Crippen LogP contribution < -0.4 is 0 Å². The number of aryl methyl sites for hydroxylation is 1. The highest BCUT2D eigenvalue weighted by molar-refractivity contribution is 5.29. The third-order valence-electron chi connectivity index (χ3n) is 2.95. The molecule has 0 aliphatic carbocycles. The van der Waals surface area contributed by atoms with Gasteiger partial charge in [-0.05, 0) is 35.6 Å². The highest BCUT2D eigenvalue weighted by Crippen LogP contribution is 2.33. The maximum atomic E-state index is 13.2. The molecule has 2 nitrogen and oxygen atoms in total. The number of hydrogen-bond acceptors (Lipinski definition) is 2. The molecule has 0 amide bonds. The van der Waals surface area contributed by atoms with Gasteiger partial charge in [-0.15, -0.1) is 0 Å². The zero-order valence-electron chi connectivity index (χ0n) is 11.1. The fourth-order valence-electron chi connectivity index (χ4n) is 2.05. The minimum atomic E-state index is -0.823. The molecule has 0 aromatic heterocycles. The van der Waals surface area contributed by atoms with E-state index in [1.54, 1.807) is 13.2 Å². The van der Waals surface area contributed by atoms with Crippen molar-refractivity contribution in [3.8, 4) is 0 Å². The van der Waals surface area contributed by atoms with E-state index in [0.29, 0.717) is 5.56 Å². The normalized spacial score (nSPS) is 15.7. The van der Waals surface area contributed by atoms with Gasteiger partial charge in [0.1, 0.15) is 11.9 Å². The highest BCUT2D eigenvalue weighted by atomic mass is 19.1. The van der Waals surface area contributed by atoms with Crippen LogP contribution in [0, 0.1) is 18.2 Å². The van der Waals surface area contributed by atoms with Crippen LogP contribution >= 0.6 is 0 Å². The second-order valence-electron chi connectivity index (χ2n) is 5.47. The van der Waals surface area contributed by atoms with Crippen LogP contribution in [0.5, 0.6) is 0 Å². The first-order valence-corrected chi connectivity index (χ1v) is 5.74. The van der Waals surface area contributed by atoms with Gasteiger partial charge >= 0.3 is 0 Å². The number of hydrogen-bond donors (Lipinski definition) is 1. The van der Waals surface area contributed by atoms with Gasteiger partial charge in [-0.1, -0.05) is 26.8 Å². The summed E-state index contributed by atoms with van der Waals surface area (Å²) >= 11 is 0. The van der Waals surface area contributed by atoms with Crippen LogP contribution in [0.3, 0.4) is 0 Å². The summed E-state index contributed by atoms with van der Waals surface area (Å²) in [4.78, 5) is 0. The lowest BCUT2D eigenvalue weighted by Gasteiger charge is -2.34. The number of ether oxygens (including phenoxy) is 1. The Balaban J connectivity index is 3.10. The lowest BCUT2D eigenvalue weighted by atomic mass is 9.82. The molecule has 2 atom stereocenters. The van der Waals surface area contributed by atoms with Crippen LogP contribution in [0.4, 0.5) is 4.39 Å². The largest absolute Gasteiger partial charge is 0.386 e. The van der Waals surface area contributed by atoms with Gasteiger partial charge in [-0.3, -0.25) is 0 Å². The van der Waals surface area contributed by atoms with Crippen molar-refractivity contribution in [2.24, 2.45) is 5.41 Å². The number of aliphatic hydroxyl groups is 1. The Hall–Kier alpha value is -0.930. The number of aliphatic hydroxyl groups excluding tert-OH is 1. The van der Waals surface area contributed by atoms with Crippen molar-refractivity contribution in [1.82, 2.24) is 0 Å². The van der Waals surface area contributed by atoms with Crippen molar-refractivity contribution in [3.05, 3.63) is 35.1 Å². The molecule has 0 radical (unpaired) electrons. The molecule has 1 aromatic rings. The van der Waals surface area contributed by atoms with Gasteiger partial charge in [0.2, 0.25) is 0 Å². The summed E-state index contributed by atoms with van der Waals surface area (Å²) in [5.41, 5.74) is 1.24. The lowest BCUT2D eigenvalue weighted by molar-refractivity contribution is -0.0727. The van der Waals surface area contributed by atoms with Crippen molar-refractivity contribution in [1.29, 1.82) is 0 Å². The topological polar surface area (TPSA) is 29.5 Å². The Morgan fingerprint density at radius 1 is 1.29 bits per heavy atom. The molecule has 0 saturated heterocycles. The van der Waals surface area contributed by atoms with Crippen LogP contribution in [0.25, 0.3) is 0 Å². The smallest absolute Gasteiger partial charge is 0.123 e. The maximum absolute atomic E-state index is 13.2. The summed E-state index contributed by atoms with van der Waals surface area (Å²) in [6, 6.07) is 4.44. The molecule has 0 heterocycles. The third-order valence-corrected chi connectivity index (χ3v) is 2.95. The second-order valence-corrected chi connectivity index (χ2v) is 5.47. The van der Waals surface area contributed by atoms with Crippen molar-refractivity contribution >= 4 is 0 Å². The summed E-state index contributed by atoms with van der Waals surface area (Å²) in [6.07, 6.45) is -1.20. The minimum absolute atomic E-state index is 0.215. The first kappa shape index (κ1) is 14.1. The van der Waals surface area contributed by atoms with E-state index in [-0.39, 0.29) is 17.3 Å². The van der Waals surface area contributed by atoms with Gasteiger partial charge in [-0.25, -0.2) is 4.39 Å². The summed E-state index contributed by atoms with van der Waals surface area (Å²) in [7, 11) is 1.56. The van der Waals surface area contributed by atoms with Gasteiger partial charge in [0.05, 0.1) is 6.10 Å². The molecule has 1 aromatic carbocycles. The van der Waals surface area contributed by atoms with Crippen molar-refractivity contribution in [2.75, 3.05) is 7.11 Å². The van der Waals surface area contributed by atoms with Gasteiger partial charge in [-0.2, -0.15) is 0 Å². The quantitative estimate of drug-likeness (QED) is 0.879. The fraction of sp³-hybridized carbons (Fsp3) is 0.571. The molecule has 96 valence electrons. The molecular weight excluding hydrogens is 219 g/mol. The molecule has 0 fully saturated rings. The summed E-state index contributed by atoms with van der Waals surface area (Å²) < 4.78 is 18.6. The number of methoxy groups -OCH3 is 1. The van der Waals surface area contributed by atoms with Crippen LogP contribution in [-0.4, -0.2) is 18.3 Å². The molecule has 2 unspecified atom stereocenters. The summed E-state index contributed by atoms with van der Waals surface area (Å²) in [5.74, 6) is -0.339. The average Bonchev–Trinajstić information content (AvgIpc) is 2.20. The molecule has 17 heavy (non-hydrogen) atoms. The minimum Gasteiger partial charge on any atom is -0.386 e. The summed E-state index contributed by atoms with van der Waals surface area (Å²) in [6.45, 7) is 7.81. The van der Waals surface area contributed by atoms with E-state index in [1.807, 2.05) is 27.7 Å². The van der Waals surface area contributed by atoms with Crippen molar-refractivity contribution < 1.29 is 14.2 Å².